The third kappa shape index (κ3) is 2.45. The Labute approximate surface area is 124 Å². The van der Waals surface area contributed by atoms with Gasteiger partial charge in [0.1, 0.15) is 16.9 Å². The summed E-state index contributed by atoms with van der Waals surface area (Å²) in [7, 11) is 0. The summed E-state index contributed by atoms with van der Waals surface area (Å²) < 4.78 is 5.82. The molecule has 0 bridgehead atoms. The molecule has 3 rings (SSSR count). The van der Waals surface area contributed by atoms with Crippen molar-refractivity contribution in [3.8, 4) is 11.6 Å². The number of fused-ring (bicyclic) bond motifs is 1. The lowest BCUT2D eigenvalue weighted by molar-refractivity contribution is 0.0695. The molecule has 0 radical (unpaired) electrons. The second-order valence-corrected chi connectivity index (χ2v) is 5.83. The summed E-state index contributed by atoms with van der Waals surface area (Å²) in [5, 5.41) is 9.99. The van der Waals surface area contributed by atoms with Crippen molar-refractivity contribution in [3.05, 3.63) is 46.6 Å². The van der Waals surface area contributed by atoms with E-state index in [4.69, 9.17) is 9.84 Å². The van der Waals surface area contributed by atoms with Crippen LogP contribution >= 0.6 is 11.3 Å². The minimum atomic E-state index is -0.975. The Morgan fingerprint density at radius 1 is 1.29 bits per heavy atom. The molecule has 0 saturated heterocycles. The van der Waals surface area contributed by atoms with Gasteiger partial charge >= 0.3 is 5.97 Å². The van der Waals surface area contributed by atoms with Crippen LogP contribution in [0.1, 0.15) is 20.8 Å². The van der Waals surface area contributed by atoms with Gasteiger partial charge in [-0.1, -0.05) is 6.07 Å². The Bertz CT molecular complexity index is 842. The van der Waals surface area contributed by atoms with Crippen molar-refractivity contribution in [2.24, 2.45) is 0 Å². The predicted molar refractivity (Wildman–Crippen MR) is 80.4 cm³/mol. The van der Waals surface area contributed by atoms with E-state index in [0.29, 0.717) is 17.2 Å². The number of aromatic carboxylic acids is 1. The monoisotopic (exact) mass is 300 g/mol. The smallest absolute Gasteiger partial charge is 0.336 e. The standard InChI is InChI=1S/C15H12N2O3S/c1-8-6-11-13(16-7-17-14(11)21-8)20-12-5-3-4-10(9(12)2)15(18)19/h3-7H,1-2H3,(H,18,19). The summed E-state index contributed by atoms with van der Waals surface area (Å²) in [6, 6.07) is 6.90. The fourth-order valence-electron chi connectivity index (χ4n) is 2.10. The van der Waals surface area contributed by atoms with Crippen LogP contribution in [0.25, 0.3) is 10.2 Å². The minimum Gasteiger partial charge on any atom is -0.478 e. The number of aromatic nitrogens is 2. The van der Waals surface area contributed by atoms with Crippen LogP contribution in [0.4, 0.5) is 0 Å². The highest BCUT2D eigenvalue weighted by atomic mass is 32.1. The zero-order chi connectivity index (χ0) is 15.0. The lowest BCUT2D eigenvalue weighted by Crippen LogP contribution is -2.01. The first kappa shape index (κ1) is 13.5. The van der Waals surface area contributed by atoms with Gasteiger partial charge in [-0.05, 0) is 32.0 Å². The van der Waals surface area contributed by atoms with Gasteiger partial charge in [-0.3, -0.25) is 0 Å². The van der Waals surface area contributed by atoms with Crippen LogP contribution in [0.15, 0.2) is 30.6 Å². The highest BCUT2D eigenvalue weighted by Crippen LogP contribution is 2.33. The molecule has 0 aliphatic carbocycles. The Morgan fingerprint density at radius 3 is 2.86 bits per heavy atom. The molecule has 0 saturated carbocycles. The Morgan fingerprint density at radius 2 is 2.10 bits per heavy atom. The van der Waals surface area contributed by atoms with Gasteiger partial charge in [0.15, 0.2) is 0 Å². The Balaban J connectivity index is 2.07. The summed E-state index contributed by atoms with van der Waals surface area (Å²) in [5.74, 6) is -0.0501. The van der Waals surface area contributed by atoms with Crippen LogP contribution < -0.4 is 4.74 Å². The summed E-state index contributed by atoms with van der Waals surface area (Å²) in [5.41, 5.74) is 0.794. The molecule has 6 heteroatoms. The number of ether oxygens (including phenoxy) is 1. The lowest BCUT2D eigenvalue weighted by Gasteiger charge is -2.10. The number of carboxylic acid groups (broad SMARTS) is 1. The molecule has 0 amide bonds. The highest BCUT2D eigenvalue weighted by Gasteiger charge is 2.14. The molecule has 2 aromatic heterocycles. The van der Waals surface area contributed by atoms with Gasteiger partial charge in [0, 0.05) is 10.4 Å². The maximum absolute atomic E-state index is 11.2. The third-order valence-electron chi connectivity index (χ3n) is 3.14. The van der Waals surface area contributed by atoms with E-state index in [1.54, 1.807) is 36.5 Å². The van der Waals surface area contributed by atoms with Crippen LogP contribution in [0.2, 0.25) is 0 Å². The van der Waals surface area contributed by atoms with Crippen molar-refractivity contribution in [2.45, 2.75) is 13.8 Å². The number of carbonyl (C=O) groups is 1. The second kappa shape index (κ2) is 5.14. The minimum absolute atomic E-state index is 0.222. The quantitative estimate of drug-likeness (QED) is 0.796. The molecule has 1 aromatic carbocycles. The van der Waals surface area contributed by atoms with E-state index >= 15 is 0 Å². The molecule has 0 aliphatic heterocycles. The van der Waals surface area contributed by atoms with Crippen molar-refractivity contribution in [2.75, 3.05) is 0 Å². The van der Waals surface area contributed by atoms with Gasteiger partial charge in [-0.2, -0.15) is 0 Å². The average molecular weight is 300 g/mol. The number of rotatable bonds is 3. The van der Waals surface area contributed by atoms with Gasteiger partial charge < -0.3 is 9.84 Å². The van der Waals surface area contributed by atoms with Gasteiger partial charge in [0.05, 0.1) is 10.9 Å². The van der Waals surface area contributed by atoms with E-state index in [1.807, 2.05) is 13.0 Å². The number of hydrogen-bond donors (Lipinski definition) is 1. The molecule has 0 aliphatic rings. The zero-order valence-electron chi connectivity index (χ0n) is 11.5. The van der Waals surface area contributed by atoms with Crippen LogP contribution in [-0.4, -0.2) is 21.0 Å². The normalized spacial score (nSPS) is 10.8. The van der Waals surface area contributed by atoms with Crippen molar-refractivity contribution in [1.29, 1.82) is 0 Å². The number of benzene rings is 1. The fraction of sp³-hybridized carbons (Fsp3) is 0.133. The van der Waals surface area contributed by atoms with E-state index in [0.717, 1.165) is 15.1 Å². The number of nitrogens with zero attached hydrogens (tertiary/aromatic N) is 2. The SMILES string of the molecule is Cc1cc2c(Oc3cccc(C(=O)O)c3C)ncnc2s1. The molecular weight excluding hydrogens is 288 g/mol. The van der Waals surface area contributed by atoms with Gasteiger partial charge in [-0.25, -0.2) is 14.8 Å². The van der Waals surface area contributed by atoms with Gasteiger partial charge in [0.25, 0.3) is 0 Å². The topological polar surface area (TPSA) is 72.3 Å². The van der Waals surface area contributed by atoms with Gasteiger partial charge in [-0.15, -0.1) is 11.3 Å². The molecular formula is C15H12N2O3S. The van der Waals surface area contributed by atoms with Gasteiger partial charge in [0.2, 0.25) is 5.88 Å². The first-order valence-electron chi connectivity index (χ1n) is 6.28. The molecule has 21 heavy (non-hydrogen) atoms. The first-order chi connectivity index (χ1) is 10.1. The number of thiophene rings is 1. The van der Waals surface area contributed by atoms with Crippen molar-refractivity contribution >= 4 is 27.5 Å². The van der Waals surface area contributed by atoms with Crippen molar-refractivity contribution in [1.82, 2.24) is 9.97 Å². The van der Waals surface area contributed by atoms with E-state index in [9.17, 15) is 4.79 Å². The summed E-state index contributed by atoms with van der Waals surface area (Å²) in [4.78, 5) is 21.5. The largest absolute Gasteiger partial charge is 0.478 e. The molecule has 5 nitrogen and oxygen atoms in total. The molecule has 0 spiro atoms. The lowest BCUT2D eigenvalue weighted by atomic mass is 10.1. The number of hydrogen-bond acceptors (Lipinski definition) is 5. The van der Waals surface area contributed by atoms with Crippen LogP contribution in [0.5, 0.6) is 11.6 Å². The molecule has 2 heterocycles. The van der Waals surface area contributed by atoms with E-state index in [2.05, 4.69) is 9.97 Å². The molecule has 0 fully saturated rings. The van der Waals surface area contributed by atoms with Crippen molar-refractivity contribution < 1.29 is 14.6 Å². The Kier molecular flexibility index (Phi) is 3.31. The fourth-order valence-corrected chi connectivity index (χ4v) is 2.93. The predicted octanol–water partition coefficient (Wildman–Crippen LogP) is 3.80. The summed E-state index contributed by atoms with van der Waals surface area (Å²) in [6.45, 7) is 3.71. The van der Waals surface area contributed by atoms with Crippen LogP contribution in [-0.2, 0) is 0 Å². The number of aryl methyl sites for hydroxylation is 1. The molecule has 106 valence electrons. The average Bonchev–Trinajstić information content (AvgIpc) is 2.82. The molecule has 1 N–H and O–H groups in total. The maximum Gasteiger partial charge on any atom is 0.336 e. The van der Waals surface area contributed by atoms with E-state index in [-0.39, 0.29) is 5.56 Å². The Hall–Kier alpha value is -2.47. The summed E-state index contributed by atoms with van der Waals surface area (Å²) in [6.07, 6.45) is 1.45. The maximum atomic E-state index is 11.2. The van der Waals surface area contributed by atoms with Crippen LogP contribution in [0, 0.1) is 13.8 Å². The first-order valence-corrected chi connectivity index (χ1v) is 7.10. The van der Waals surface area contributed by atoms with Crippen LogP contribution in [0.3, 0.4) is 0 Å². The molecule has 0 unspecified atom stereocenters. The molecule has 0 atom stereocenters. The third-order valence-corrected chi connectivity index (χ3v) is 4.10. The van der Waals surface area contributed by atoms with E-state index < -0.39 is 5.97 Å². The number of carboxylic acids is 1. The highest BCUT2D eigenvalue weighted by molar-refractivity contribution is 7.18. The van der Waals surface area contributed by atoms with Crippen molar-refractivity contribution in [3.63, 3.8) is 0 Å². The summed E-state index contributed by atoms with van der Waals surface area (Å²) >= 11 is 1.56. The van der Waals surface area contributed by atoms with E-state index in [1.165, 1.54) is 6.33 Å². The second-order valence-electron chi connectivity index (χ2n) is 4.59. The molecule has 3 aromatic rings. The zero-order valence-corrected chi connectivity index (χ0v) is 12.3.